The second-order valence-corrected chi connectivity index (χ2v) is 4.83. The summed E-state index contributed by atoms with van der Waals surface area (Å²) in [6.45, 7) is 1.49. The van der Waals surface area contributed by atoms with E-state index in [-0.39, 0.29) is 17.7 Å². The zero-order chi connectivity index (χ0) is 14.8. The molecule has 2 N–H and O–H groups in total. The number of hydrazine groups is 1. The molecule has 0 aliphatic carbocycles. The predicted octanol–water partition coefficient (Wildman–Crippen LogP) is 2.24. The summed E-state index contributed by atoms with van der Waals surface area (Å²) in [7, 11) is 0. The minimum atomic E-state index is -0.348. The fourth-order valence-electron chi connectivity index (χ4n) is 2.39. The molecular formula is C16H15N3O2. The molecule has 0 fully saturated rings. The number of aromatic hydroxyl groups is 1. The van der Waals surface area contributed by atoms with Crippen molar-refractivity contribution in [3.63, 3.8) is 0 Å². The normalized spacial score (nSPS) is 17.3. The van der Waals surface area contributed by atoms with Crippen molar-refractivity contribution < 1.29 is 9.90 Å². The third kappa shape index (κ3) is 2.45. The molecule has 106 valence electrons. The maximum Gasteiger partial charge on any atom is 0.238 e. The van der Waals surface area contributed by atoms with Crippen molar-refractivity contribution in [3.05, 3.63) is 66.0 Å². The molecule has 1 aromatic heterocycles. The van der Waals surface area contributed by atoms with E-state index in [1.54, 1.807) is 30.6 Å². The van der Waals surface area contributed by atoms with Gasteiger partial charge in [-0.1, -0.05) is 18.2 Å². The lowest BCUT2D eigenvalue weighted by Crippen LogP contribution is -2.37. The van der Waals surface area contributed by atoms with Crippen LogP contribution in [0.1, 0.15) is 24.1 Å². The number of hydrogen-bond donors (Lipinski definition) is 2. The van der Waals surface area contributed by atoms with Crippen LogP contribution in [0.15, 0.2) is 54.9 Å². The number of para-hydroxylation sites is 1. The highest BCUT2D eigenvalue weighted by molar-refractivity contribution is 5.79. The summed E-state index contributed by atoms with van der Waals surface area (Å²) in [5.41, 5.74) is 5.44. The largest absolute Gasteiger partial charge is 0.508 e. The molecule has 0 unspecified atom stereocenters. The Morgan fingerprint density at radius 1 is 1.29 bits per heavy atom. The molecule has 0 saturated heterocycles. The van der Waals surface area contributed by atoms with Crippen molar-refractivity contribution in [3.8, 4) is 5.75 Å². The van der Waals surface area contributed by atoms with Gasteiger partial charge in [-0.15, -0.1) is 0 Å². The Bertz CT molecular complexity index is 698. The summed E-state index contributed by atoms with van der Waals surface area (Å²) in [4.78, 5) is 15.9. The van der Waals surface area contributed by atoms with Crippen LogP contribution in [-0.4, -0.2) is 21.0 Å². The van der Waals surface area contributed by atoms with Crippen molar-refractivity contribution in [2.75, 3.05) is 0 Å². The minimum Gasteiger partial charge on any atom is -0.508 e. The minimum absolute atomic E-state index is 0.126. The summed E-state index contributed by atoms with van der Waals surface area (Å²) in [6, 6.07) is 10.4. The molecule has 1 aliphatic rings. The molecule has 0 radical (unpaired) electrons. The molecule has 3 rings (SSSR count). The van der Waals surface area contributed by atoms with Crippen LogP contribution in [0.5, 0.6) is 5.75 Å². The zero-order valence-electron chi connectivity index (χ0n) is 11.5. The summed E-state index contributed by atoms with van der Waals surface area (Å²) in [5.74, 6) is 0.0395. The number of carbonyl (C=O) groups is 1. The molecule has 0 spiro atoms. The Balaban J connectivity index is 2.02. The van der Waals surface area contributed by atoms with Gasteiger partial charge in [0.15, 0.2) is 0 Å². The second kappa shape index (κ2) is 5.28. The number of nitrogens with zero attached hydrogens (tertiary/aromatic N) is 2. The van der Waals surface area contributed by atoms with E-state index in [2.05, 4.69) is 10.4 Å². The van der Waals surface area contributed by atoms with E-state index >= 15 is 0 Å². The summed E-state index contributed by atoms with van der Waals surface area (Å²) in [5, 5.41) is 11.5. The lowest BCUT2D eigenvalue weighted by Gasteiger charge is -2.24. The fraction of sp³-hybridized carbons (Fsp3) is 0.125. The Labute approximate surface area is 122 Å². The summed E-state index contributed by atoms with van der Waals surface area (Å²) in [6.07, 6.45) is 5.33. The van der Waals surface area contributed by atoms with Gasteiger partial charge in [-0.3, -0.25) is 15.2 Å². The fourth-order valence-corrected chi connectivity index (χ4v) is 2.39. The van der Waals surface area contributed by atoms with E-state index in [0.29, 0.717) is 5.56 Å². The average molecular weight is 281 g/mol. The second-order valence-electron chi connectivity index (χ2n) is 4.83. The standard InChI is InChI=1S/C16H15N3O2/c1-11(20)19-15(13-6-2-3-7-16(13)21)9-14(18-19)12-5-4-8-17-10-12/h2-10,15,18,21H,1H3/t15-/m1/s1. The van der Waals surface area contributed by atoms with Crippen molar-refractivity contribution in [2.45, 2.75) is 13.0 Å². The monoisotopic (exact) mass is 281 g/mol. The number of phenolic OH excluding ortho intramolecular Hbond substituents is 1. The SMILES string of the molecule is CC(=O)N1NC(c2cccnc2)=C[C@@H]1c1ccccc1O. The van der Waals surface area contributed by atoms with Crippen LogP contribution in [0.25, 0.3) is 5.70 Å². The van der Waals surface area contributed by atoms with Gasteiger partial charge >= 0.3 is 0 Å². The number of aromatic nitrogens is 1. The highest BCUT2D eigenvalue weighted by Crippen LogP contribution is 2.35. The number of rotatable bonds is 2. The van der Waals surface area contributed by atoms with Gasteiger partial charge < -0.3 is 5.11 Å². The molecule has 2 aromatic rings. The van der Waals surface area contributed by atoms with Crippen LogP contribution < -0.4 is 5.43 Å². The van der Waals surface area contributed by atoms with Gasteiger partial charge in [0.25, 0.3) is 0 Å². The highest BCUT2D eigenvalue weighted by atomic mass is 16.3. The van der Waals surface area contributed by atoms with Crippen molar-refractivity contribution in [1.29, 1.82) is 0 Å². The molecule has 1 amide bonds. The predicted molar refractivity (Wildman–Crippen MR) is 78.7 cm³/mol. The molecular weight excluding hydrogens is 266 g/mol. The van der Waals surface area contributed by atoms with Crippen LogP contribution in [0.3, 0.4) is 0 Å². The number of pyridine rings is 1. The van der Waals surface area contributed by atoms with E-state index in [0.717, 1.165) is 11.3 Å². The van der Waals surface area contributed by atoms with Gasteiger partial charge in [-0.05, 0) is 24.3 Å². The van der Waals surface area contributed by atoms with Crippen molar-refractivity contribution >= 4 is 11.6 Å². The van der Waals surface area contributed by atoms with Crippen LogP contribution >= 0.6 is 0 Å². The molecule has 1 aliphatic heterocycles. The Morgan fingerprint density at radius 3 is 2.76 bits per heavy atom. The van der Waals surface area contributed by atoms with E-state index in [1.165, 1.54) is 11.9 Å². The van der Waals surface area contributed by atoms with Gasteiger partial charge in [0, 0.05) is 30.4 Å². The molecule has 5 heteroatoms. The first kappa shape index (κ1) is 13.2. The smallest absolute Gasteiger partial charge is 0.238 e. The van der Waals surface area contributed by atoms with Crippen LogP contribution in [-0.2, 0) is 4.79 Å². The first-order valence-electron chi connectivity index (χ1n) is 6.63. The van der Waals surface area contributed by atoms with Gasteiger partial charge in [0.05, 0.1) is 5.70 Å². The summed E-state index contributed by atoms with van der Waals surface area (Å²) >= 11 is 0. The van der Waals surface area contributed by atoms with Crippen LogP contribution in [0.4, 0.5) is 0 Å². The number of hydrogen-bond acceptors (Lipinski definition) is 4. The number of nitrogens with one attached hydrogen (secondary N) is 1. The number of benzene rings is 1. The molecule has 1 aromatic carbocycles. The van der Waals surface area contributed by atoms with Gasteiger partial charge in [-0.25, -0.2) is 5.01 Å². The molecule has 0 bridgehead atoms. The maximum atomic E-state index is 11.9. The van der Waals surface area contributed by atoms with E-state index in [1.807, 2.05) is 24.3 Å². The number of amides is 1. The third-order valence-corrected chi connectivity index (χ3v) is 3.41. The lowest BCUT2D eigenvalue weighted by molar-refractivity contribution is -0.132. The first-order valence-corrected chi connectivity index (χ1v) is 6.63. The summed E-state index contributed by atoms with van der Waals surface area (Å²) < 4.78 is 0. The molecule has 1 atom stereocenters. The Morgan fingerprint density at radius 2 is 2.10 bits per heavy atom. The number of carbonyl (C=O) groups excluding carboxylic acids is 1. The van der Waals surface area contributed by atoms with Crippen LogP contribution in [0.2, 0.25) is 0 Å². The molecule has 0 saturated carbocycles. The lowest BCUT2D eigenvalue weighted by atomic mass is 10.0. The Hall–Kier alpha value is -2.82. The van der Waals surface area contributed by atoms with Gasteiger partial charge in [0.1, 0.15) is 11.8 Å². The Kier molecular flexibility index (Phi) is 3.31. The quantitative estimate of drug-likeness (QED) is 0.886. The molecule has 5 nitrogen and oxygen atoms in total. The average Bonchev–Trinajstić information content (AvgIpc) is 2.94. The maximum absolute atomic E-state index is 11.9. The third-order valence-electron chi connectivity index (χ3n) is 3.41. The van der Waals surface area contributed by atoms with Crippen molar-refractivity contribution in [2.24, 2.45) is 0 Å². The molecule has 2 heterocycles. The van der Waals surface area contributed by atoms with Gasteiger partial charge in [0.2, 0.25) is 5.91 Å². The van der Waals surface area contributed by atoms with Crippen molar-refractivity contribution in [1.82, 2.24) is 15.4 Å². The van der Waals surface area contributed by atoms with E-state index in [9.17, 15) is 9.90 Å². The zero-order valence-corrected chi connectivity index (χ0v) is 11.5. The first-order chi connectivity index (χ1) is 10.2. The highest BCUT2D eigenvalue weighted by Gasteiger charge is 2.30. The molecule has 21 heavy (non-hydrogen) atoms. The van der Waals surface area contributed by atoms with Gasteiger partial charge in [-0.2, -0.15) is 0 Å². The number of phenols is 1. The van der Waals surface area contributed by atoms with Crippen LogP contribution in [0, 0.1) is 0 Å². The van der Waals surface area contributed by atoms with E-state index < -0.39 is 0 Å². The topological polar surface area (TPSA) is 65.5 Å². The van der Waals surface area contributed by atoms with E-state index in [4.69, 9.17) is 0 Å².